The standard InChI is InChI=1S/C12H10FO/c13-10-5-4-8-12(9-10)14-11-6-2-1-3-7-11/h1-2,4-9H,3H2. The zero-order valence-corrected chi connectivity index (χ0v) is 7.61. The van der Waals surface area contributed by atoms with Crippen LogP contribution < -0.4 is 4.74 Å². The van der Waals surface area contributed by atoms with E-state index >= 15 is 0 Å². The van der Waals surface area contributed by atoms with Gasteiger partial charge in [0.25, 0.3) is 0 Å². The monoisotopic (exact) mass is 189 g/mol. The summed E-state index contributed by atoms with van der Waals surface area (Å²) in [4.78, 5) is 0. The number of rotatable bonds is 2. The predicted molar refractivity (Wildman–Crippen MR) is 53.2 cm³/mol. The van der Waals surface area contributed by atoms with E-state index in [1.54, 1.807) is 12.1 Å². The largest absolute Gasteiger partial charge is 0.458 e. The molecule has 0 unspecified atom stereocenters. The lowest BCUT2D eigenvalue weighted by Gasteiger charge is -2.08. The molecule has 0 saturated heterocycles. The summed E-state index contributed by atoms with van der Waals surface area (Å²) in [5, 5.41) is 0. The molecule has 1 aliphatic rings. The third-order valence-corrected chi connectivity index (χ3v) is 1.88. The summed E-state index contributed by atoms with van der Waals surface area (Å²) in [6.07, 6.45) is 8.62. The van der Waals surface area contributed by atoms with Gasteiger partial charge in [0.2, 0.25) is 0 Å². The first-order valence-corrected chi connectivity index (χ1v) is 4.48. The van der Waals surface area contributed by atoms with E-state index in [1.165, 1.54) is 12.1 Å². The van der Waals surface area contributed by atoms with Crippen molar-refractivity contribution in [3.05, 3.63) is 60.5 Å². The maximum atomic E-state index is 12.8. The van der Waals surface area contributed by atoms with Crippen LogP contribution in [0.4, 0.5) is 4.39 Å². The Labute approximate surface area is 82.5 Å². The van der Waals surface area contributed by atoms with Gasteiger partial charge < -0.3 is 4.74 Å². The maximum Gasteiger partial charge on any atom is 0.130 e. The van der Waals surface area contributed by atoms with Crippen molar-refractivity contribution in [3.63, 3.8) is 0 Å². The van der Waals surface area contributed by atoms with Crippen molar-refractivity contribution >= 4 is 0 Å². The van der Waals surface area contributed by atoms with E-state index < -0.39 is 0 Å². The van der Waals surface area contributed by atoms with Crippen LogP contribution in [0.1, 0.15) is 6.42 Å². The van der Waals surface area contributed by atoms with E-state index in [2.05, 4.69) is 0 Å². The summed E-state index contributed by atoms with van der Waals surface area (Å²) in [6.45, 7) is 0. The number of ether oxygens (including phenoxy) is 1. The second-order valence-corrected chi connectivity index (χ2v) is 3.00. The van der Waals surface area contributed by atoms with Gasteiger partial charge in [0, 0.05) is 6.07 Å². The minimum absolute atomic E-state index is 0.283. The molecule has 0 aliphatic heterocycles. The quantitative estimate of drug-likeness (QED) is 0.693. The highest BCUT2D eigenvalue weighted by Crippen LogP contribution is 2.18. The lowest BCUT2D eigenvalue weighted by molar-refractivity contribution is 0.437. The first-order valence-electron chi connectivity index (χ1n) is 4.48. The molecule has 71 valence electrons. The van der Waals surface area contributed by atoms with Gasteiger partial charge in [-0.3, -0.25) is 0 Å². The summed E-state index contributed by atoms with van der Waals surface area (Å²) < 4.78 is 18.2. The Balaban J connectivity index is 2.10. The zero-order chi connectivity index (χ0) is 9.80. The lowest BCUT2D eigenvalue weighted by Crippen LogP contribution is -1.95. The van der Waals surface area contributed by atoms with E-state index in [4.69, 9.17) is 4.74 Å². The van der Waals surface area contributed by atoms with Crippen molar-refractivity contribution in [2.75, 3.05) is 0 Å². The maximum absolute atomic E-state index is 12.8. The van der Waals surface area contributed by atoms with Gasteiger partial charge in [0.05, 0.1) is 0 Å². The fraction of sp³-hybridized carbons (Fsp3) is 0.0833. The van der Waals surface area contributed by atoms with Crippen LogP contribution >= 0.6 is 0 Å². The Kier molecular flexibility index (Phi) is 2.63. The van der Waals surface area contributed by atoms with Crippen molar-refractivity contribution in [3.8, 4) is 5.75 Å². The molecular weight excluding hydrogens is 179 g/mol. The molecule has 0 saturated carbocycles. The van der Waals surface area contributed by atoms with E-state index in [1.807, 2.05) is 24.6 Å². The molecule has 14 heavy (non-hydrogen) atoms. The number of benzene rings is 1. The van der Waals surface area contributed by atoms with Gasteiger partial charge in [-0.2, -0.15) is 0 Å². The van der Waals surface area contributed by atoms with Crippen LogP contribution in [0.15, 0.2) is 48.3 Å². The number of hydrogen-bond acceptors (Lipinski definition) is 1. The Morgan fingerprint density at radius 2 is 2.21 bits per heavy atom. The molecule has 1 aliphatic carbocycles. The first kappa shape index (κ1) is 9.00. The predicted octanol–water partition coefficient (Wildman–Crippen LogP) is 3.25. The molecule has 2 rings (SSSR count). The van der Waals surface area contributed by atoms with Crippen LogP contribution in [-0.2, 0) is 0 Å². The zero-order valence-electron chi connectivity index (χ0n) is 7.61. The van der Waals surface area contributed by atoms with Gasteiger partial charge >= 0.3 is 0 Å². The minimum atomic E-state index is -0.283. The normalized spacial score (nSPS) is 15.1. The number of allylic oxidation sites excluding steroid dienone is 3. The molecule has 2 heteroatoms. The molecule has 0 bridgehead atoms. The molecule has 1 aromatic carbocycles. The molecule has 0 atom stereocenters. The molecule has 1 aromatic rings. The van der Waals surface area contributed by atoms with Gasteiger partial charge in [0.15, 0.2) is 0 Å². The van der Waals surface area contributed by atoms with Gasteiger partial charge in [-0.1, -0.05) is 12.1 Å². The molecular formula is C12H10FO. The highest BCUT2D eigenvalue weighted by molar-refractivity contribution is 5.29. The van der Waals surface area contributed by atoms with Crippen LogP contribution in [0.3, 0.4) is 0 Å². The number of hydrogen-bond donors (Lipinski definition) is 0. The molecule has 0 fully saturated rings. The fourth-order valence-electron chi connectivity index (χ4n) is 1.24. The van der Waals surface area contributed by atoms with Gasteiger partial charge in [0.1, 0.15) is 17.3 Å². The smallest absolute Gasteiger partial charge is 0.130 e. The topological polar surface area (TPSA) is 9.23 Å². The third kappa shape index (κ3) is 2.22. The van der Waals surface area contributed by atoms with Gasteiger partial charge in [-0.15, -0.1) is 0 Å². The summed E-state index contributed by atoms with van der Waals surface area (Å²) in [5.74, 6) is 1.01. The summed E-state index contributed by atoms with van der Waals surface area (Å²) in [5.41, 5.74) is 0. The average Bonchev–Trinajstić information content (AvgIpc) is 2.19. The molecule has 0 spiro atoms. The van der Waals surface area contributed by atoms with Gasteiger partial charge in [-0.25, -0.2) is 4.39 Å². The van der Waals surface area contributed by atoms with Crippen molar-refractivity contribution < 1.29 is 9.13 Å². The van der Waals surface area contributed by atoms with Crippen molar-refractivity contribution in [1.82, 2.24) is 0 Å². The first-order chi connectivity index (χ1) is 6.84. The van der Waals surface area contributed by atoms with E-state index in [0.29, 0.717) is 5.75 Å². The van der Waals surface area contributed by atoms with Crippen molar-refractivity contribution in [2.24, 2.45) is 0 Å². The van der Waals surface area contributed by atoms with E-state index in [0.717, 1.165) is 12.2 Å². The number of halogens is 1. The Morgan fingerprint density at radius 3 is 2.93 bits per heavy atom. The molecule has 0 N–H and O–H groups in total. The lowest BCUT2D eigenvalue weighted by atomic mass is 10.2. The van der Waals surface area contributed by atoms with Crippen LogP contribution in [0.5, 0.6) is 5.75 Å². The molecule has 1 radical (unpaired) electrons. The Bertz CT molecular complexity index is 380. The molecule has 0 amide bonds. The average molecular weight is 189 g/mol. The minimum Gasteiger partial charge on any atom is -0.458 e. The van der Waals surface area contributed by atoms with E-state index in [-0.39, 0.29) is 5.82 Å². The second kappa shape index (κ2) is 4.09. The van der Waals surface area contributed by atoms with Crippen LogP contribution in [0, 0.1) is 12.2 Å². The summed E-state index contributed by atoms with van der Waals surface area (Å²) in [7, 11) is 0. The van der Waals surface area contributed by atoms with Crippen molar-refractivity contribution in [2.45, 2.75) is 6.42 Å². The summed E-state index contributed by atoms with van der Waals surface area (Å²) in [6, 6.07) is 6.12. The molecule has 1 nitrogen and oxygen atoms in total. The summed E-state index contributed by atoms with van der Waals surface area (Å²) >= 11 is 0. The second-order valence-electron chi connectivity index (χ2n) is 3.00. The third-order valence-electron chi connectivity index (χ3n) is 1.88. The highest BCUT2D eigenvalue weighted by atomic mass is 19.1. The molecule has 0 heterocycles. The van der Waals surface area contributed by atoms with Crippen LogP contribution in [0.25, 0.3) is 0 Å². The van der Waals surface area contributed by atoms with Gasteiger partial charge in [-0.05, 0) is 37.1 Å². The van der Waals surface area contributed by atoms with E-state index in [9.17, 15) is 4.39 Å². The van der Waals surface area contributed by atoms with Crippen molar-refractivity contribution in [1.29, 1.82) is 0 Å². The molecule has 0 aromatic heterocycles. The Hall–Kier alpha value is -1.57. The fourth-order valence-corrected chi connectivity index (χ4v) is 1.24. The SMILES string of the molecule is Fc1cccc(OC2=CC[CH]C=C2)c1. The van der Waals surface area contributed by atoms with Crippen LogP contribution in [0.2, 0.25) is 0 Å². The Morgan fingerprint density at radius 1 is 1.29 bits per heavy atom. The highest BCUT2D eigenvalue weighted by Gasteiger charge is 2.01. The van der Waals surface area contributed by atoms with Crippen LogP contribution in [-0.4, -0.2) is 0 Å².